The average molecular weight is 304 g/mol. The van der Waals surface area contributed by atoms with Crippen LogP contribution in [0.1, 0.15) is 36.8 Å². The lowest BCUT2D eigenvalue weighted by Crippen LogP contribution is -2.12. The van der Waals surface area contributed by atoms with E-state index >= 15 is 0 Å². The topological polar surface area (TPSA) is 59.8 Å². The highest BCUT2D eigenvalue weighted by atomic mass is 32.1. The largest absolute Gasteiger partial charge is 0.337 e. The molecule has 1 N–H and O–H groups in total. The van der Waals surface area contributed by atoms with Crippen molar-refractivity contribution in [3.8, 4) is 0 Å². The van der Waals surface area contributed by atoms with Crippen molar-refractivity contribution in [3.05, 3.63) is 29.3 Å². The first-order valence-electron chi connectivity index (χ1n) is 7.45. The van der Waals surface area contributed by atoms with E-state index in [0.29, 0.717) is 6.42 Å². The van der Waals surface area contributed by atoms with E-state index in [9.17, 15) is 4.79 Å². The molecule has 1 atom stereocenters. The Kier molecular flexibility index (Phi) is 4.34. The normalized spacial score (nSPS) is 17.5. The van der Waals surface area contributed by atoms with Crippen LogP contribution in [0.5, 0.6) is 0 Å². The second kappa shape index (κ2) is 6.39. The van der Waals surface area contributed by atoms with E-state index in [1.807, 2.05) is 10.8 Å². The Morgan fingerprint density at radius 3 is 3.29 bits per heavy atom. The van der Waals surface area contributed by atoms with Crippen LogP contribution in [0.25, 0.3) is 0 Å². The summed E-state index contributed by atoms with van der Waals surface area (Å²) < 4.78 is 1.98. The summed E-state index contributed by atoms with van der Waals surface area (Å²) in [5, 5.41) is 3.70. The quantitative estimate of drug-likeness (QED) is 0.924. The molecule has 0 aromatic carbocycles. The molecule has 112 valence electrons. The number of nitrogens with one attached hydrogen (secondary N) is 1. The number of aryl methyl sites for hydroxylation is 2. The van der Waals surface area contributed by atoms with Gasteiger partial charge in [-0.15, -0.1) is 11.3 Å². The second-order valence-electron chi connectivity index (χ2n) is 5.69. The first-order chi connectivity index (χ1) is 10.2. The van der Waals surface area contributed by atoms with Crippen LogP contribution in [0.2, 0.25) is 0 Å². The number of anilines is 1. The van der Waals surface area contributed by atoms with Gasteiger partial charge in [0.2, 0.25) is 5.91 Å². The van der Waals surface area contributed by atoms with Crippen molar-refractivity contribution >= 4 is 22.4 Å². The second-order valence-corrected chi connectivity index (χ2v) is 6.77. The van der Waals surface area contributed by atoms with Gasteiger partial charge >= 0.3 is 0 Å². The van der Waals surface area contributed by atoms with E-state index in [-0.39, 0.29) is 5.91 Å². The number of carbonyl (C=O) groups excluding carboxylic acids is 1. The Bertz CT molecular complexity index is 605. The van der Waals surface area contributed by atoms with E-state index in [2.05, 4.69) is 22.2 Å². The molecule has 2 heterocycles. The number of rotatable bonds is 5. The van der Waals surface area contributed by atoms with E-state index < -0.39 is 0 Å². The minimum Gasteiger partial charge on any atom is -0.337 e. The van der Waals surface area contributed by atoms with Gasteiger partial charge in [0.15, 0.2) is 5.13 Å². The van der Waals surface area contributed by atoms with Gasteiger partial charge in [-0.3, -0.25) is 4.79 Å². The third kappa shape index (κ3) is 3.69. The van der Waals surface area contributed by atoms with Crippen molar-refractivity contribution in [1.82, 2.24) is 14.5 Å². The van der Waals surface area contributed by atoms with E-state index in [1.54, 1.807) is 23.9 Å². The fraction of sp³-hybridized carbons (Fsp3) is 0.533. The fourth-order valence-electron chi connectivity index (χ4n) is 2.62. The summed E-state index contributed by atoms with van der Waals surface area (Å²) in [6.45, 7) is 3.09. The number of carbonyl (C=O) groups is 1. The zero-order chi connectivity index (χ0) is 14.7. The van der Waals surface area contributed by atoms with Gasteiger partial charge in [-0.2, -0.15) is 0 Å². The predicted octanol–water partition coefficient (Wildman–Crippen LogP) is 2.88. The Morgan fingerprint density at radius 2 is 2.48 bits per heavy atom. The van der Waals surface area contributed by atoms with Gasteiger partial charge in [0.05, 0.1) is 12.0 Å². The van der Waals surface area contributed by atoms with Crippen LogP contribution in [-0.2, 0) is 24.2 Å². The van der Waals surface area contributed by atoms with E-state index in [1.165, 1.54) is 17.0 Å². The molecular formula is C15H20N4OS. The summed E-state index contributed by atoms with van der Waals surface area (Å²) in [6.07, 6.45) is 10.1. The van der Waals surface area contributed by atoms with Crippen LogP contribution in [0.15, 0.2) is 18.7 Å². The highest BCUT2D eigenvalue weighted by Gasteiger charge is 2.20. The number of nitrogens with zero attached hydrogens (tertiary/aromatic N) is 3. The van der Waals surface area contributed by atoms with Crippen LogP contribution >= 0.6 is 11.3 Å². The van der Waals surface area contributed by atoms with E-state index in [4.69, 9.17) is 0 Å². The molecule has 1 aliphatic rings. The first kappa shape index (κ1) is 14.3. The van der Waals surface area contributed by atoms with Gasteiger partial charge in [0.25, 0.3) is 0 Å². The molecule has 3 rings (SSSR count). The van der Waals surface area contributed by atoms with Crippen LogP contribution < -0.4 is 5.32 Å². The zero-order valence-electron chi connectivity index (χ0n) is 12.2. The molecule has 5 nitrogen and oxygen atoms in total. The molecule has 0 radical (unpaired) electrons. The fourth-order valence-corrected chi connectivity index (χ4v) is 3.80. The van der Waals surface area contributed by atoms with Gasteiger partial charge in [-0.1, -0.05) is 6.92 Å². The molecule has 2 aromatic rings. The van der Waals surface area contributed by atoms with Crippen LogP contribution in [0.3, 0.4) is 0 Å². The van der Waals surface area contributed by atoms with Gasteiger partial charge in [0.1, 0.15) is 0 Å². The maximum absolute atomic E-state index is 11.9. The molecule has 6 heteroatoms. The summed E-state index contributed by atoms with van der Waals surface area (Å²) in [7, 11) is 0. The number of amides is 1. The third-order valence-electron chi connectivity index (χ3n) is 3.81. The zero-order valence-corrected chi connectivity index (χ0v) is 13.0. The average Bonchev–Trinajstić information content (AvgIpc) is 3.07. The molecule has 2 aromatic heterocycles. The number of hydrogen-bond acceptors (Lipinski definition) is 4. The van der Waals surface area contributed by atoms with Crippen molar-refractivity contribution in [2.24, 2.45) is 5.92 Å². The molecule has 1 amide bonds. The molecule has 0 fully saturated rings. The summed E-state index contributed by atoms with van der Waals surface area (Å²) in [6, 6.07) is 0. The van der Waals surface area contributed by atoms with E-state index in [0.717, 1.165) is 36.9 Å². The number of fused-ring (bicyclic) bond motifs is 1. The lowest BCUT2D eigenvalue weighted by atomic mass is 9.93. The lowest BCUT2D eigenvalue weighted by Gasteiger charge is -2.15. The van der Waals surface area contributed by atoms with Crippen LogP contribution in [0.4, 0.5) is 5.13 Å². The first-order valence-corrected chi connectivity index (χ1v) is 8.26. The molecular weight excluding hydrogens is 284 g/mol. The SMILES string of the molecule is C[C@H]1CCc2nc(NC(=O)CCCn3ccnc3)sc2C1. The summed E-state index contributed by atoms with van der Waals surface area (Å²) in [4.78, 5) is 21.8. The number of hydrogen-bond donors (Lipinski definition) is 1. The van der Waals surface area contributed by atoms with Crippen molar-refractivity contribution in [2.45, 2.75) is 45.6 Å². The Hall–Kier alpha value is -1.69. The van der Waals surface area contributed by atoms with Crippen LogP contribution in [0, 0.1) is 5.92 Å². The highest BCUT2D eigenvalue weighted by Crippen LogP contribution is 2.32. The highest BCUT2D eigenvalue weighted by molar-refractivity contribution is 7.15. The van der Waals surface area contributed by atoms with Crippen molar-refractivity contribution in [3.63, 3.8) is 0 Å². The maximum atomic E-state index is 11.9. The smallest absolute Gasteiger partial charge is 0.226 e. The minimum absolute atomic E-state index is 0.0502. The number of aromatic nitrogens is 3. The molecule has 0 saturated carbocycles. The Balaban J connectivity index is 1.48. The summed E-state index contributed by atoms with van der Waals surface area (Å²) in [5.74, 6) is 0.783. The molecule has 0 bridgehead atoms. The number of imidazole rings is 1. The molecule has 0 aliphatic heterocycles. The van der Waals surface area contributed by atoms with Crippen molar-refractivity contribution in [2.75, 3.05) is 5.32 Å². The van der Waals surface area contributed by atoms with Crippen LogP contribution in [-0.4, -0.2) is 20.4 Å². The third-order valence-corrected chi connectivity index (χ3v) is 4.85. The monoisotopic (exact) mass is 304 g/mol. The molecule has 0 unspecified atom stereocenters. The molecule has 1 aliphatic carbocycles. The van der Waals surface area contributed by atoms with Gasteiger partial charge < -0.3 is 9.88 Å². The van der Waals surface area contributed by atoms with Crippen molar-refractivity contribution < 1.29 is 4.79 Å². The Morgan fingerprint density at radius 1 is 1.57 bits per heavy atom. The number of thiazole rings is 1. The van der Waals surface area contributed by atoms with Crippen molar-refractivity contribution in [1.29, 1.82) is 0 Å². The van der Waals surface area contributed by atoms with Gasteiger partial charge in [-0.25, -0.2) is 9.97 Å². The molecule has 21 heavy (non-hydrogen) atoms. The summed E-state index contributed by atoms with van der Waals surface area (Å²) >= 11 is 1.64. The van der Waals surface area contributed by atoms with Gasteiger partial charge in [0, 0.05) is 30.2 Å². The Labute approximate surface area is 128 Å². The predicted molar refractivity (Wildman–Crippen MR) is 83.4 cm³/mol. The standard InChI is InChI=1S/C15H20N4OS/c1-11-4-5-12-13(9-11)21-15(17-12)18-14(20)3-2-7-19-8-6-16-10-19/h6,8,10-11H,2-5,7,9H2,1H3,(H,17,18,20)/t11-/m0/s1. The lowest BCUT2D eigenvalue weighted by molar-refractivity contribution is -0.116. The van der Waals surface area contributed by atoms with Gasteiger partial charge in [-0.05, 0) is 31.6 Å². The summed E-state index contributed by atoms with van der Waals surface area (Å²) in [5.41, 5.74) is 1.19. The minimum atomic E-state index is 0.0502. The molecule has 0 spiro atoms. The maximum Gasteiger partial charge on any atom is 0.226 e. The molecule has 0 saturated heterocycles.